The Hall–Kier alpha value is -4.05. The molecule has 8 nitrogen and oxygen atoms in total. The summed E-state index contributed by atoms with van der Waals surface area (Å²) >= 11 is 5.31. The topological polar surface area (TPSA) is 91.5 Å². The van der Waals surface area contributed by atoms with Crippen LogP contribution in [0.1, 0.15) is 20.9 Å². The van der Waals surface area contributed by atoms with Crippen LogP contribution < -0.4 is 5.56 Å². The maximum absolute atomic E-state index is 14.3. The standard InChI is InChI=1S/C24H19FN4O4S/c25-17-4-1-2-5-19(17)29-22(31)16-8-7-15(14-18(16)26-24(29)34)21(30)27-9-11-28(12-10-27)23(32)20-6-3-13-33-20/h1-8,13-14H,9-12H2,(H,26,34). The van der Waals surface area contributed by atoms with Gasteiger partial charge in [-0.25, -0.2) is 8.96 Å². The van der Waals surface area contributed by atoms with E-state index >= 15 is 0 Å². The summed E-state index contributed by atoms with van der Waals surface area (Å²) in [6.07, 6.45) is 1.45. The van der Waals surface area contributed by atoms with Crippen LogP contribution in [0.3, 0.4) is 0 Å². The number of furan rings is 1. The minimum Gasteiger partial charge on any atom is -0.459 e. The van der Waals surface area contributed by atoms with Crippen LogP contribution in [0.4, 0.5) is 4.39 Å². The summed E-state index contributed by atoms with van der Waals surface area (Å²) in [5, 5.41) is 0.280. The molecule has 34 heavy (non-hydrogen) atoms. The second kappa shape index (κ2) is 8.71. The molecule has 5 rings (SSSR count). The Morgan fingerprint density at radius 1 is 0.941 bits per heavy atom. The minimum absolute atomic E-state index is 0.0252. The molecule has 3 heterocycles. The van der Waals surface area contributed by atoms with Gasteiger partial charge in [0, 0.05) is 31.7 Å². The van der Waals surface area contributed by atoms with E-state index in [-0.39, 0.29) is 33.4 Å². The number of para-hydroxylation sites is 1. The number of rotatable bonds is 3. The molecule has 1 aliphatic heterocycles. The third-order valence-electron chi connectivity index (χ3n) is 5.82. The Kier molecular flexibility index (Phi) is 5.58. The largest absolute Gasteiger partial charge is 0.459 e. The van der Waals surface area contributed by atoms with E-state index in [1.54, 1.807) is 40.1 Å². The lowest BCUT2D eigenvalue weighted by Crippen LogP contribution is -2.50. The highest BCUT2D eigenvalue weighted by Gasteiger charge is 2.27. The molecule has 0 aliphatic carbocycles. The molecule has 0 atom stereocenters. The number of hydrogen-bond donors (Lipinski definition) is 1. The lowest BCUT2D eigenvalue weighted by Gasteiger charge is -2.34. The van der Waals surface area contributed by atoms with Gasteiger partial charge in [-0.15, -0.1) is 0 Å². The lowest BCUT2D eigenvalue weighted by molar-refractivity contribution is 0.0518. The van der Waals surface area contributed by atoms with E-state index in [9.17, 15) is 18.8 Å². The van der Waals surface area contributed by atoms with Crippen molar-refractivity contribution in [3.8, 4) is 5.69 Å². The van der Waals surface area contributed by atoms with Crippen LogP contribution in [-0.4, -0.2) is 57.3 Å². The maximum atomic E-state index is 14.3. The Labute approximate surface area is 197 Å². The molecular weight excluding hydrogens is 459 g/mol. The minimum atomic E-state index is -0.570. The molecule has 2 aromatic carbocycles. The summed E-state index contributed by atoms with van der Waals surface area (Å²) in [4.78, 5) is 44.8. The van der Waals surface area contributed by atoms with Gasteiger partial charge < -0.3 is 19.2 Å². The van der Waals surface area contributed by atoms with E-state index in [4.69, 9.17) is 16.6 Å². The molecule has 2 aromatic heterocycles. The molecule has 1 aliphatic rings. The zero-order chi connectivity index (χ0) is 23.8. The Balaban J connectivity index is 1.39. The molecule has 1 saturated heterocycles. The number of amides is 2. The first-order chi connectivity index (χ1) is 16.4. The van der Waals surface area contributed by atoms with Gasteiger partial charge in [-0.1, -0.05) is 12.1 Å². The smallest absolute Gasteiger partial charge is 0.289 e. The van der Waals surface area contributed by atoms with Gasteiger partial charge in [0.1, 0.15) is 5.82 Å². The zero-order valence-electron chi connectivity index (χ0n) is 17.9. The number of aromatic amines is 1. The summed E-state index contributed by atoms with van der Waals surface area (Å²) in [6.45, 7) is 1.51. The van der Waals surface area contributed by atoms with Gasteiger partial charge in [-0.2, -0.15) is 0 Å². The second-order valence-electron chi connectivity index (χ2n) is 7.84. The fourth-order valence-electron chi connectivity index (χ4n) is 4.05. The van der Waals surface area contributed by atoms with E-state index in [2.05, 4.69) is 4.98 Å². The van der Waals surface area contributed by atoms with Crippen LogP contribution in [-0.2, 0) is 0 Å². The fraction of sp³-hybridized carbons (Fsp3) is 0.167. The van der Waals surface area contributed by atoms with E-state index in [1.165, 1.54) is 30.5 Å². The van der Waals surface area contributed by atoms with Crippen molar-refractivity contribution >= 4 is 34.9 Å². The molecule has 0 unspecified atom stereocenters. The van der Waals surface area contributed by atoms with Crippen LogP contribution in [0.15, 0.2) is 70.1 Å². The normalized spacial score (nSPS) is 13.9. The molecular formula is C24H19FN4O4S. The number of benzene rings is 2. The quantitative estimate of drug-likeness (QED) is 0.456. The lowest BCUT2D eigenvalue weighted by atomic mass is 10.1. The third kappa shape index (κ3) is 3.81. The molecule has 172 valence electrons. The van der Waals surface area contributed by atoms with Gasteiger partial charge in [0.05, 0.1) is 22.9 Å². The highest BCUT2D eigenvalue weighted by Crippen LogP contribution is 2.18. The summed E-state index contributed by atoms with van der Waals surface area (Å²) < 4.78 is 20.6. The molecule has 1 fully saturated rings. The number of hydrogen-bond acceptors (Lipinski definition) is 5. The number of nitrogens with zero attached hydrogens (tertiary/aromatic N) is 3. The Morgan fingerprint density at radius 2 is 1.65 bits per heavy atom. The summed E-state index contributed by atoms with van der Waals surface area (Å²) in [5.41, 5.74) is 0.345. The molecule has 0 spiro atoms. The van der Waals surface area contributed by atoms with Crippen molar-refractivity contribution < 1.29 is 18.4 Å². The number of carbonyl (C=O) groups excluding carboxylic acids is 2. The number of carbonyl (C=O) groups is 2. The predicted octanol–water partition coefficient (Wildman–Crippen LogP) is 3.38. The van der Waals surface area contributed by atoms with Crippen molar-refractivity contribution in [2.45, 2.75) is 0 Å². The van der Waals surface area contributed by atoms with Gasteiger partial charge in [-0.05, 0) is 54.7 Å². The van der Waals surface area contributed by atoms with Crippen LogP contribution in [0.2, 0.25) is 0 Å². The first kappa shape index (κ1) is 21.8. The average Bonchev–Trinajstić information content (AvgIpc) is 3.39. The zero-order valence-corrected chi connectivity index (χ0v) is 18.7. The van der Waals surface area contributed by atoms with Crippen molar-refractivity contribution in [3.63, 3.8) is 0 Å². The van der Waals surface area contributed by atoms with Crippen LogP contribution in [0, 0.1) is 10.6 Å². The summed E-state index contributed by atoms with van der Waals surface area (Å²) in [6, 6.07) is 13.8. The third-order valence-corrected chi connectivity index (χ3v) is 6.11. The number of H-pyrrole nitrogens is 1. The van der Waals surface area contributed by atoms with Gasteiger partial charge in [0.25, 0.3) is 17.4 Å². The Bertz CT molecular complexity index is 1520. The molecule has 0 saturated carbocycles. The highest BCUT2D eigenvalue weighted by atomic mass is 32.1. The van der Waals surface area contributed by atoms with Crippen LogP contribution in [0.5, 0.6) is 0 Å². The summed E-state index contributed by atoms with van der Waals surface area (Å²) in [5.74, 6) is -0.725. The van der Waals surface area contributed by atoms with Crippen molar-refractivity contribution in [1.29, 1.82) is 0 Å². The predicted molar refractivity (Wildman–Crippen MR) is 125 cm³/mol. The van der Waals surface area contributed by atoms with Crippen LogP contribution >= 0.6 is 12.2 Å². The monoisotopic (exact) mass is 478 g/mol. The van der Waals surface area contributed by atoms with Gasteiger partial charge >= 0.3 is 0 Å². The van der Waals surface area contributed by atoms with Crippen molar-refractivity contribution in [2.75, 3.05) is 26.2 Å². The van der Waals surface area contributed by atoms with E-state index in [1.807, 2.05) is 0 Å². The molecule has 0 bridgehead atoms. The molecule has 1 N–H and O–H groups in total. The number of fused-ring (bicyclic) bond motifs is 1. The first-order valence-electron chi connectivity index (χ1n) is 10.6. The second-order valence-corrected chi connectivity index (χ2v) is 8.23. The van der Waals surface area contributed by atoms with E-state index < -0.39 is 11.4 Å². The first-order valence-corrected chi connectivity index (χ1v) is 11.0. The number of piperazine rings is 1. The molecule has 4 aromatic rings. The van der Waals surface area contributed by atoms with Crippen molar-refractivity contribution in [3.05, 3.63) is 93.1 Å². The number of nitrogens with one attached hydrogen (secondary N) is 1. The maximum Gasteiger partial charge on any atom is 0.289 e. The van der Waals surface area contributed by atoms with Gasteiger partial charge in [-0.3, -0.25) is 14.4 Å². The van der Waals surface area contributed by atoms with E-state index in [0.29, 0.717) is 37.3 Å². The van der Waals surface area contributed by atoms with Crippen molar-refractivity contribution in [2.24, 2.45) is 0 Å². The van der Waals surface area contributed by atoms with Gasteiger partial charge in [0.15, 0.2) is 10.5 Å². The fourth-order valence-corrected chi connectivity index (χ4v) is 4.35. The highest BCUT2D eigenvalue weighted by molar-refractivity contribution is 7.71. The Morgan fingerprint density at radius 3 is 2.32 bits per heavy atom. The summed E-state index contributed by atoms with van der Waals surface area (Å²) in [7, 11) is 0. The molecule has 0 radical (unpaired) electrons. The van der Waals surface area contributed by atoms with Gasteiger partial charge in [0.2, 0.25) is 0 Å². The number of aromatic nitrogens is 2. The molecule has 2 amide bonds. The number of halogens is 1. The molecule has 10 heteroatoms. The van der Waals surface area contributed by atoms with E-state index in [0.717, 1.165) is 4.57 Å². The van der Waals surface area contributed by atoms with Crippen LogP contribution in [0.25, 0.3) is 16.6 Å². The SMILES string of the molecule is O=C(c1ccc2c(=O)n(-c3ccccc3F)c(=S)[nH]c2c1)N1CCN(C(=O)c2ccco2)CC1. The van der Waals surface area contributed by atoms with Crippen molar-refractivity contribution in [1.82, 2.24) is 19.4 Å². The average molecular weight is 479 g/mol.